The van der Waals surface area contributed by atoms with E-state index in [1.807, 2.05) is 25.1 Å². The maximum Gasteiger partial charge on any atom is 0.289 e. The summed E-state index contributed by atoms with van der Waals surface area (Å²) in [5.74, 6) is 1.43. The van der Waals surface area contributed by atoms with Crippen LogP contribution in [-0.2, 0) is 4.74 Å². The Balaban J connectivity index is 1.94. The van der Waals surface area contributed by atoms with Gasteiger partial charge in [-0.05, 0) is 37.8 Å². The van der Waals surface area contributed by atoms with Crippen LogP contribution in [0.4, 0.5) is 5.82 Å². The van der Waals surface area contributed by atoms with Crippen LogP contribution < -0.4 is 16.4 Å². The molecule has 3 rings (SSSR count). The number of nitrogens with one attached hydrogen (secondary N) is 2. The third-order valence-corrected chi connectivity index (χ3v) is 5.40. The quantitative estimate of drug-likeness (QED) is 0.441. The third kappa shape index (κ3) is 6.13. The summed E-state index contributed by atoms with van der Waals surface area (Å²) in [6, 6.07) is 6.09. The van der Waals surface area contributed by atoms with Gasteiger partial charge in [0.05, 0.1) is 11.6 Å². The van der Waals surface area contributed by atoms with E-state index in [0.29, 0.717) is 30.7 Å². The minimum absolute atomic E-state index is 0.0388. The van der Waals surface area contributed by atoms with Crippen LogP contribution in [0.5, 0.6) is 0 Å². The van der Waals surface area contributed by atoms with Crippen molar-refractivity contribution in [3.8, 4) is 0 Å². The lowest BCUT2D eigenvalue weighted by atomic mass is 9.90. The zero-order valence-electron chi connectivity index (χ0n) is 18.9. The monoisotopic (exact) mass is 426 g/mol. The second-order valence-corrected chi connectivity index (χ2v) is 8.68. The van der Waals surface area contributed by atoms with Crippen molar-refractivity contribution in [3.63, 3.8) is 0 Å². The van der Waals surface area contributed by atoms with Crippen LogP contribution in [0.2, 0.25) is 0 Å². The molecule has 168 valence electrons. The number of rotatable bonds is 8. The number of aryl methyl sites for hydroxylation is 1. The Morgan fingerprint density at radius 3 is 2.81 bits per heavy atom. The zero-order valence-corrected chi connectivity index (χ0v) is 18.9. The maximum absolute atomic E-state index is 12.7. The van der Waals surface area contributed by atoms with Gasteiger partial charge >= 0.3 is 0 Å². The lowest BCUT2D eigenvalue weighted by Gasteiger charge is -2.30. The average Bonchev–Trinajstić information content (AvgIpc) is 2.73. The number of amidine groups is 1. The molecule has 2 atom stereocenters. The molecule has 1 fully saturated rings. The lowest BCUT2D eigenvalue weighted by molar-refractivity contribution is 0.0939. The summed E-state index contributed by atoms with van der Waals surface area (Å²) >= 11 is 0. The van der Waals surface area contributed by atoms with Gasteiger partial charge in [0, 0.05) is 25.1 Å². The summed E-state index contributed by atoms with van der Waals surface area (Å²) in [6.45, 7) is 7.03. The molecule has 1 heterocycles. The van der Waals surface area contributed by atoms with E-state index in [2.05, 4.69) is 34.4 Å². The Kier molecular flexibility index (Phi) is 7.79. The largest absolute Gasteiger partial charge is 0.386 e. The number of ether oxygens (including phenoxy) is 1. The standard InChI is InChI=1S/C23H34N6O2/c1-14(2)12-25-23(30)22-27-17-10-9-15(3)11-16(17)21(29-22)28-19-8-6-5-7-18(19)26-20(24)13-31-4/h9-11,14,18-19H,5-8,12-13H2,1-4H3,(H2,24,26)(H,25,30)(H,27,28,29)/t18-,19+/m1/s1. The Hall–Kier alpha value is -2.74. The highest BCUT2D eigenvalue weighted by Crippen LogP contribution is 2.28. The summed E-state index contributed by atoms with van der Waals surface area (Å²) in [5, 5.41) is 7.39. The molecule has 0 spiro atoms. The van der Waals surface area contributed by atoms with Gasteiger partial charge < -0.3 is 21.1 Å². The van der Waals surface area contributed by atoms with Crippen molar-refractivity contribution in [2.75, 3.05) is 25.6 Å². The van der Waals surface area contributed by atoms with E-state index in [1.165, 1.54) is 0 Å². The van der Waals surface area contributed by atoms with Crippen LogP contribution in [0.25, 0.3) is 10.9 Å². The van der Waals surface area contributed by atoms with Crippen LogP contribution in [0.15, 0.2) is 23.2 Å². The fourth-order valence-electron chi connectivity index (χ4n) is 3.84. The van der Waals surface area contributed by atoms with Crippen LogP contribution >= 0.6 is 0 Å². The first kappa shape index (κ1) is 22.9. The van der Waals surface area contributed by atoms with E-state index in [0.717, 1.165) is 42.1 Å². The summed E-state index contributed by atoms with van der Waals surface area (Å²) in [4.78, 5) is 26.5. The summed E-state index contributed by atoms with van der Waals surface area (Å²) in [5.41, 5.74) is 7.87. The van der Waals surface area contributed by atoms with E-state index in [4.69, 9.17) is 15.5 Å². The van der Waals surface area contributed by atoms with Crippen LogP contribution in [0, 0.1) is 12.8 Å². The SMILES string of the molecule is COCC(N)=N[C@@H]1CCCC[C@@H]1Nc1nc(C(=O)NCC(C)C)nc2ccc(C)cc12. The molecule has 1 saturated carbocycles. The molecule has 0 bridgehead atoms. The molecule has 1 amide bonds. The molecule has 31 heavy (non-hydrogen) atoms. The minimum atomic E-state index is -0.262. The molecule has 0 radical (unpaired) electrons. The molecule has 1 aliphatic carbocycles. The molecular formula is C23H34N6O2. The van der Waals surface area contributed by atoms with E-state index in [9.17, 15) is 4.79 Å². The Labute approximate surface area is 184 Å². The first-order valence-electron chi connectivity index (χ1n) is 11.0. The number of aromatic nitrogens is 2. The number of amides is 1. The van der Waals surface area contributed by atoms with Gasteiger partial charge in [0.2, 0.25) is 5.82 Å². The smallest absolute Gasteiger partial charge is 0.289 e. The van der Waals surface area contributed by atoms with Crippen molar-refractivity contribution in [2.24, 2.45) is 16.6 Å². The fraction of sp³-hybridized carbons (Fsp3) is 0.565. The number of nitrogens with two attached hydrogens (primary N) is 1. The predicted octanol–water partition coefficient (Wildman–Crippen LogP) is 3.05. The lowest BCUT2D eigenvalue weighted by Crippen LogP contribution is -2.38. The van der Waals surface area contributed by atoms with Crippen molar-refractivity contribution in [1.29, 1.82) is 0 Å². The first-order chi connectivity index (χ1) is 14.9. The van der Waals surface area contributed by atoms with Crippen molar-refractivity contribution in [3.05, 3.63) is 29.6 Å². The predicted molar refractivity (Wildman–Crippen MR) is 125 cm³/mol. The highest BCUT2D eigenvalue weighted by atomic mass is 16.5. The highest BCUT2D eigenvalue weighted by molar-refractivity contribution is 5.96. The van der Waals surface area contributed by atoms with E-state index in [-0.39, 0.29) is 23.8 Å². The third-order valence-electron chi connectivity index (χ3n) is 5.40. The molecule has 2 aromatic rings. The second kappa shape index (κ2) is 10.5. The van der Waals surface area contributed by atoms with Crippen molar-refractivity contribution < 1.29 is 9.53 Å². The number of methoxy groups -OCH3 is 1. The average molecular weight is 427 g/mol. The fourth-order valence-corrected chi connectivity index (χ4v) is 3.84. The molecule has 8 nitrogen and oxygen atoms in total. The number of carbonyl (C=O) groups is 1. The number of hydrogen-bond acceptors (Lipinski definition) is 6. The van der Waals surface area contributed by atoms with Gasteiger partial charge in [-0.2, -0.15) is 0 Å². The highest BCUT2D eigenvalue weighted by Gasteiger charge is 2.26. The van der Waals surface area contributed by atoms with Crippen LogP contribution in [0.3, 0.4) is 0 Å². The molecule has 1 aliphatic rings. The van der Waals surface area contributed by atoms with Gasteiger partial charge in [0.1, 0.15) is 18.3 Å². The normalized spacial score (nSPS) is 19.6. The first-order valence-corrected chi connectivity index (χ1v) is 11.0. The number of nitrogens with zero attached hydrogens (tertiary/aromatic N) is 3. The number of aliphatic imine (C=N–C) groups is 1. The van der Waals surface area contributed by atoms with Crippen molar-refractivity contribution in [1.82, 2.24) is 15.3 Å². The van der Waals surface area contributed by atoms with Crippen LogP contribution in [-0.4, -0.2) is 54.1 Å². The van der Waals surface area contributed by atoms with E-state index < -0.39 is 0 Å². The number of carbonyl (C=O) groups excluding carboxylic acids is 1. The summed E-state index contributed by atoms with van der Waals surface area (Å²) in [6.07, 6.45) is 4.13. The Morgan fingerprint density at radius 1 is 1.29 bits per heavy atom. The molecule has 0 unspecified atom stereocenters. The van der Waals surface area contributed by atoms with Gasteiger partial charge in [-0.15, -0.1) is 0 Å². The van der Waals surface area contributed by atoms with Gasteiger partial charge in [-0.3, -0.25) is 9.79 Å². The van der Waals surface area contributed by atoms with Gasteiger partial charge in [0.15, 0.2) is 0 Å². The Morgan fingerprint density at radius 2 is 2.06 bits per heavy atom. The van der Waals surface area contributed by atoms with Gasteiger partial charge in [0.25, 0.3) is 5.91 Å². The van der Waals surface area contributed by atoms with E-state index >= 15 is 0 Å². The van der Waals surface area contributed by atoms with E-state index in [1.54, 1.807) is 7.11 Å². The summed E-state index contributed by atoms with van der Waals surface area (Å²) in [7, 11) is 1.61. The topological polar surface area (TPSA) is 115 Å². The number of anilines is 1. The molecule has 8 heteroatoms. The molecule has 0 saturated heterocycles. The second-order valence-electron chi connectivity index (χ2n) is 8.68. The molecular weight excluding hydrogens is 392 g/mol. The van der Waals surface area contributed by atoms with Crippen LogP contribution in [0.1, 0.15) is 55.7 Å². The van der Waals surface area contributed by atoms with Gasteiger partial charge in [-0.1, -0.05) is 38.3 Å². The number of hydrogen-bond donors (Lipinski definition) is 3. The molecule has 0 aliphatic heterocycles. The van der Waals surface area contributed by atoms with Crippen molar-refractivity contribution >= 4 is 28.5 Å². The molecule has 1 aromatic heterocycles. The zero-order chi connectivity index (χ0) is 22.4. The molecule has 4 N–H and O–H groups in total. The summed E-state index contributed by atoms with van der Waals surface area (Å²) < 4.78 is 5.11. The van der Waals surface area contributed by atoms with Crippen molar-refractivity contribution in [2.45, 2.75) is 58.5 Å². The van der Waals surface area contributed by atoms with Gasteiger partial charge in [-0.25, -0.2) is 9.97 Å². The number of fused-ring (bicyclic) bond motifs is 1. The maximum atomic E-state index is 12.7. The molecule has 1 aromatic carbocycles. The Bertz CT molecular complexity index is 943. The minimum Gasteiger partial charge on any atom is -0.386 e. The number of benzene rings is 1.